The fraction of sp³-hybridized carbons (Fsp3) is 0.238. The van der Waals surface area contributed by atoms with Crippen LogP contribution in [0.25, 0.3) is 10.2 Å². The van der Waals surface area contributed by atoms with E-state index < -0.39 is 0 Å². The number of carbonyl (C=O) groups excluding carboxylic acids is 1. The highest BCUT2D eigenvalue weighted by molar-refractivity contribution is 7.22. The Balaban J connectivity index is 1.82. The summed E-state index contributed by atoms with van der Waals surface area (Å²) in [5.41, 5.74) is 5.68. The Bertz CT molecular complexity index is 1100. The van der Waals surface area contributed by atoms with Gasteiger partial charge in [-0.25, -0.2) is 4.98 Å². The zero-order valence-corrected chi connectivity index (χ0v) is 17.1. The van der Waals surface area contributed by atoms with Crippen LogP contribution in [0, 0.1) is 20.8 Å². The van der Waals surface area contributed by atoms with Crippen molar-refractivity contribution in [3.05, 3.63) is 70.8 Å². The third kappa shape index (κ3) is 3.29. The number of aromatic nitrogens is 4. The van der Waals surface area contributed by atoms with Crippen molar-refractivity contribution in [2.45, 2.75) is 27.3 Å². The first-order valence-electron chi connectivity index (χ1n) is 9.01. The number of amides is 1. The predicted octanol–water partition coefficient (Wildman–Crippen LogP) is 4.20. The number of thiazole rings is 1. The molecule has 0 unspecified atom stereocenters. The molecule has 0 N–H and O–H groups in total. The van der Waals surface area contributed by atoms with E-state index in [0.717, 1.165) is 21.3 Å². The highest BCUT2D eigenvalue weighted by Gasteiger charge is 2.25. The molecular weight excluding hydrogens is 370 g/mol. The first-order valence-corrected chi connectivity index (χ1v) is 9.83. The van der Waals surface area contributed by atoms with Gasteiger partial charge in [0.25, 0.3) is 5.91 Å². The molecule has 0 radical (unpaired) electrons. The third-order valence-electron chi connectivity index (χ3n) is 4.86. The number of pyridine rings is 1. The Kier molecular flexibility index (Phi) is 4.68. The van der Waals surface area contributed by atoms with Gasteiger partial charge in [-0.1, -0.05) is 17.4 Å². The Morgan fingerprint density at radius 2 is 1.93 bits per heavy atom. The lowest BCUT2D eigenvalue weighted by atomic mass is 10.1. The number of hydrogen-bond donors (Lipinski definition) is 0. The molecule has 0 saturated heterocycles. The predicted molar refractivity (Wildman–Crippen MR) is 112 cm³/mol. The number of anilines is 1. The van der Waals surface area contributed by atoms with E-state index in [2.05, 4.69) is 36.1 Å². The molecule has 7 heteroatoms. The highest BCUT2D eigenvalue weighted by atomic mass is 32.1. The lowest BCUT2D eigenvalue weighted by molar-refractivity contribution is 0.0975. The zero-order valence-electron chi connectivity index (χ0n) is 16.3. The van der Waals surface area contributed by atoms with Crippen LogP contribution in [0.5, 0.6) is 0 Å². The van der Waals surface area contributed by atoms with Crippen molar-refractivity contribution >= 4 is 32.6 Å². The van der Waals surface area contributed by atoms with E-state index in [4.69, 9.17) is 4.98 Å². The zero-order chi connectivity index (χ0) is 19.8. The summed E-state index contributed by atoms with van der Waals surface area (Å²) in [6.07, 6.45) is 5.21. The van der Waals surface area contributed by atoms with E-state index in [0.29, 0.717) is 17.4 Å². The molecule has 4 rings (SSSR count). The molecule has 0 bridgehead atoms. The first kappa shape index (κ1) is 18.3. The van der Waals surface area contributed by atoms with E-state index in [1.54, 1.807) is 35.2 Å². The van der Waals surface area contributed by atoms with Crippen LogP contribution in [0.15, 0.2) is 42.9 Å². The molecule has 1 aromatic carbocycles. The fourth-order valence-electron chi connectivity index (χ4n) is 3.17. The largest absolute Gasteiger partial charge is 0.278 e. The minimum atomic E-state index is -0.117. The van der Waals surface area contributed by atoms with Crippen molar-refractivity contribution in [3.8, 4) is 0 Å². The number of rotatable bonds is 4. The molecule has 0 atom stereocenters. The van der Waals surface area contributed by atoms with Crippen LogP contribution in [-0.4, -0.2) is 25.7 Å². The van der Waals surface area contributed by atoms with Gasteiger partial charge in [0, 0.05) is 19.4 Å². The molecule has 3 aromatic heterocycles. The summed E-state index contributed by atoms with van der Waals surface area (Å²) in [5, 5.41) is 4.90. The maximum absolute atomic E-state index is 13.5. The molecule has 142 valence electrons. The molecule has 0 aliphatic rings. The van der Waals surface area contributed by atoms with E-state index in [1.165, 1.54) is 22.5 Å². The molecule has 0 aliphatic heterocycles. The van der Waals surface area contributed by atoms with Crippen LogP contribution in [0.3, 0.4) is 0 Å². The summed E-state index contributed by atoms with van der Waals surface area (Å²) in [7, 11) is 1.79. The fourth-order valence-corrected chi connectivity index (χ4v) is 4.21. The van der Waals surface area contributed by atoms with Crippen molar-refractivity contribution in [3.63, 3.8) is 0 Å². The lowest BCUT2D eigenvalue weighted by Crippen LogP contribution is -2.32. The number of carbonyl (C=O) groups is 1. The SMILES string of the molecule is Cc1cc2nc(N(Cc3cccnc3)C(=O)c3c(C)cnn3C)sc2cc1C. The second-order valence-corrected chi connectivity index (χ2v) is 7.96. The summed E-state index contributed by atoms with van der Waals surface area (Å²) in [6, 6.07) is 8.05. The van der Waals surface area contributed by atoms with Crippen LogP contribution in [0.2, 0.25) is 0 Å². The van der Waals surface area contributed by atoms with Crippen LogP contribution in [-0.2, 0) is 13.6 Å². The molecule has 6 nitrogen and oxygen atoms in total. The van der Waals surface area contributed by atoms with Crippen LogP contribution in [0.1, 0.15) is 32.7 Å². The molecule has 4 aromatic rings. The second-order valence-electron chi connectivity index (χ2n) is 6.95. The van der Waals surface area contributed by atoms with E-state index in [-0.39, 0.29) is 5.91 Å². The van der Waals surface area contributed by atoms with Gasteiger partial charge in [-0.2, -0.15) is 5.10 Å². The third-order valence-corrected chi connectivity index (χ3v) is 5.90. The maximum atomic E-state index is 13.5. The maximum Gasteiger partial charge on any atom is 0.278 e. The first-order chi connectivity index (χ1) is 13.4. The van der Waals surface area contributed by atoms with E-state index in [1.807, 2.05) is 19.1 Å². The summed E-state index contributed by atoms with van der Waals surface area (Å²) in [4.78, 5) is 24.2. The molecule has 0 saturated carbocycles. The number of benzene rings is 1. The van der Waals surface area contributed by atoms with Gasteiger partial charge < -0.3 is 0 Å². The normalized spacial score (nSPS) is 11.1. The summed E-state index contributed by atoms with van der Waals surface area (Å²) < 4.78 is 2.69. The standard InChI is InChI=1S/C21H21N5OS/c1-13-8-17-18(9-14(13)2)28-21(24-17)26(12-16-6-5-7-22-11-16)20(27)19-15(3)10-23-25(19)4/h5-11H,12H2,1-4H3. The summed E-state index contributed by atoms with van der Waals surface area (Å²) >= 11 is 1.53. The van der Waals surface area contributed by atoms with Crippen molar-refractivity contribution in [1.29, 1.82) is 0 Å². The number of aryl methyl sites for hydroxylation is 4. The Morgan fingerprint density at radius 3 is 2.61 bits per heavy atom. The van der Waals surface area contributed by atoms with Gasteiger partial charge >= 0.3 is 0 Å². The van der Waals surface area contributed by atoms with Crippen LogP contribution in [0.4, 0.5) is 5.13 Å². The highest BCUT2D eigenvalue weighted by Crippen LogP contribution is 2.32. The van der Waals surface area contributed by atoms with Crippen molar-refractivity contribution in [2.24, 2.45) is 7.05 Å². The number of fused-ring (bicyclic) bond motifs is 1. The second kappa shape index (κ2) is 7.16. The summed E-state index contributed by atoms with van der Waals surface area (Å²) in [6.45, 7) is 6.46. The Hall–Kier alpha value is -3.06. The van der Waals surface area contributed by atoms with Gasteiger partial charge in [0.15, 0.2) is 5.13 Å². The van der Waals surface area contributed by atoms with E-state index in [9.17, 15) is 4.79 Å². The van der Waals surface area contributed by atoms with Gasteiger partial charge in [-0.05, 0) is 61.2 Å². The van der Waals surface area contributed by atoms with Gasteiger partial charge in [0.2, 0.25) is 0 Å². The monoisotopic (exact) mass is 391 g/mol. The molecule has 1 amide bonds. The molecule has 28 heavy (non-hydrogen) atoms. The van der Waals surface area contributed by atoms with Crippen molar-refractivity contribution in [2.75, 3.05) is 4.90 Å². The van der Waals surface area contributed by atoms with Gasteiger partial charge in [-0.15, -0.1) is 0 Å². The Morgan fingerprint density at radius 1 is 1.14 bits per heavy atom. The lowest BCUT2D eigenvalue weighted by Gasteiger charge is -2.20. The minimum Gasteiger partial charge on any atom is -0.278 e. The average molecular weight is 392 g/mol. The molecule has 3 heterocycles. The van der Waals surface area contributed by atoms with Gasteiger partial charge in [0.05, 0.1) is 23.0 Å². The van der Waals surface area contributed by atoms with Crippen molar-refractivity contribution in [1.82, 2.24) is 19.7 Å². The smallest absolute Gasteiger partial charge is 0.278 e. The number of nitrogens with zero attached hydrogens (tertiary/aromatic N) is 5. The molecule has 0 fully saturated rings. The average Bonchev–Trinajstić information content (AvgIpc) is 3.23. The quantitative estimate of drug-likeness (QED) is 0.523. The van der Waals surface area contributed by atoms with Crippen LogP contribution < -0.4 is 4.90 Å². The Labute approximate surface area is 167 Å². The van der Waals surface area contributed by atoms with E-state index >= 15 is 0 Å². The van der Waals surface area contributed by atoms with Gasteiger partial charge in [0.1, 0.15) is 5.69 Å². The number of hydrogen-bond acceptors (Lipinski definition) is 5. The van der Waals surface area contributed by atoms with Crippen molar-refractivity contribution < 1.29 is 4.79 Å². The van der Waals surface area contributed by atoms with Gasteiger partial charge in [-0.3, -0.25) is 19.4 Å². The molecule has 0 aliphatic carbocycles. The molecular formula is C21H21N5OS. The summed E-state index contributed by atoms with van der Waals surface area (Å²) in [5.74, 6) is -0.117. The van der Waals surface area contributed by atoms with Crippen LogP contribution >= 0.6 is 11.3 Å². The molecule has 0 spiro atoms. The topological polar surface area (TPSA) is 63.9 Å². The minimum absolute atomic E-state index is 0.117.